The van der Waals surface area contributed by atoms with Gasteiger partial charge in [-0.25, -0.2) is 13.8 Å². The van der Waals surface area contributed by atoms with Crippen LogP contribution in [-0.4, -0.2) is 40.8 Å². The number of benzene rings is 2. The lowest BCUT2D eigenvalue weighted by Crippen LogP contribution is -2.39. The van der Waals surface area contributed by atoms with Gasteiger partial charge in [-0.2, -0.15) is 5.10 Å². The predicted molar refractivity (Wildman–Crippen MR) is 128 cm³/mol. The van der Waals surface area contributed by atoms with E-state index in [1.165, 1.54) is 38.8 Å². The Kier molecular flexibility index (Phi) is 8.71. The Bertz CT molecular complexity index is 1060. The van der Waals surface area contributed by atoms with Gasteiger partial charge in [0, 0.05) is 11.8 Å². The number of carbonyl (C=O) groups is 1. The molecule has 1 aliphatic carbocycles. The van der Waals surface area contributed by atoms with Gasteiger partial charge in [0.05, 0.1) is 24.8 Å². The van der Waals surface area contributed by atoms with Crippen molar-refractivity contribution in [1.29, 1.82) is 0 Å². The molecular weight excluding hydrogens is 442 g/mol. The summed E-state index contributed by atoms with van der Waals surface area (Å²) in [6.07, 6.45) is 7.36. The summed E-state index contributed by atoms with van der Waals surface area (Å²) in [6.45, 7) is -0.427. The zero-order chi connectivity index (χ0) is 23.7. The Balaban J connectivity index is 1.88. The molecule has 2 aromatic rings. The number of nitrogens with one attached hydrogen (secondary N) is 1. The number of hydrazone groups is 1. The number of sulfonamides is 1. The monoisotopic (exact) mass is 473 g/mol. The van der Waals surface area contributed by atoms with Crippen molar-refractivity contribution >= 4 is 27.3 Å². The molecule has 3 rings (SSSR count). The van der Waals surface area contributed by atoms with E-state index in [-0.39, 0.29) is 10.6 Å². The fourth-order valence-corrected chi connectivity index (χ4v) is 5.18. The number of amides is 1. The van der Waals surface area contributed by atoms with Crippen LogP contribution < -0.4 is 19.2 Å². The average molecular weight is 474 g/mol. The summed E-state index contributed by atoms with van der Waals surface area (Å²) in [4.78, 5) is 12.9. The maximum atomic E-state index is 13.5. The van der Waals surface area contributed by atoms with Gasteiger partial charge in [0.15, 0.2) is 11.5 Å². The first-order chi connectivity index (χ1) is 16.0. The van der Waals surface area contributed by atoms with Crippen LogP contribution >= 0.6 is 0 Å². The molecule has 0 saturated heterocycles. The number of hydrogen-bond acceptors (Lipinski definition) is 6. The molecule has 0 heterocycles. The summed E-state index contributed by atoms with van der Waals surface area (Å²) in [5.41, 5.74) is 3.80. The molecule has 1 fully saturated rings. The van der Waals surface area contributed by atoms with E-state index in [0.29, 0.717) is 11.5 Å². The first kappa shape index (κ1) is 24.6. The zero-order valence-electron chi connectivity index (χ0n) is 19.1. The molecule has 8 nitrogen and oxygen atoms in total. The van der Waals surface area contributed by atoms with Crippen molar-refractivity contribution in [2.45, 2.75) is 49.8 Å². The summed E-state index contributed by atoms with van der Waals surface area (Å²) in [7, 11) is -1.05. The van der Waals surface area contributed by atoms with Gasteiger partial charge >= 0.3 is 0 Å². The first-order valence-electron chi connectivity index (χ1n) is 11.1. The minimum atomic E-state index is -4.02. The highest BCUT2D eigenvalue weighted by atomic mass is 32.2. The molecule has 33 heavy (non-hydrogen) atoms. The minimum absolute atomic E-state index is 0.0823. The van der Waals surface area contributed by atoms with Crippen molar-refractivity contribution in [3.63, 3.8) is 0 Å². The van der Waals surface area contributed by atoms with Gasteiger partial charge in [-0.15, -0.1) is 0 Å². The van der Waals surface area contributed by atoms with Crippen molar-refractivity contribution in [2.24, 2.45) is 5.10 Å². The molecule has 9 heteroatoms. The summed E-state index contributed by atoms with van der Waals surface area (Å²) >= 11 is 0. The van der Waals surface area contributed by atoms with E-state index in [4.69, 9.17) is 9.47 Å². The van der Waals surface area contributed by atoms with Crippen LogP contribution in [0.1, 0.15) is 44.9 Å². The van der Waals surface area contributed by atoms with E-state index >= 15 is 0 Å². The van der Waals surface area contributed by atoms with Crippen LogP contribution in [0.4, 0.5) is 5.69 Å². The Labute approximate surface area is 195 Å². The molecular formula is C24H31N3O5S. The van der Waals surface area contributed by atoms with Crippen LogP contribution in [0, 0.1) is 0 Å². The fraction of sp³-hybridized carbons (Fsp3) is 0.417. The number of ether oxygens (including phenoxy) is 2. The van der Waals surface area contributed by atoms with Crippen LogP contribution in [-0.2, 0) is 14.8 Å². The molecule has 1 aliphatic rings. The van der Waals surface area contributed by atoms with Gasteiger partial charge in [0.2, 0.25) is 0 Å². The van der Waals surface area contributed by atoms with Crippen LogP contribution in [0.3, 0.4) is 0 Å². The summed E-state index contributed by atoms with van der Waals surface area (Å²) in [5.74, 6) is 0.302. The second-order valence-corrected chi connectivity index (χ2v) is 9.71. The van der Waals surface area contributed by atoms with Crippen molar-refractivity contribution in [2.75, 3.05) is 25.1 Å². The van der Waals surface area contributed by atoms with E-state index in [1.54, 1.807) is 30.3 Å². The zero-order valence-corrected chi connectivity index (χ0v) is 19.9. The maximum Gasteiger partial charge on any atom is 0.264 e. The van der Waals surface area contributed by atoms with Gasteiger partial charge in [-0.3, -0.25) is 9.10 Å². The maximum absolute atomic E-state index is 13.5. The number of anilines is 1. The number of methoxy groups -OCH3 is 2. The number of hydrogen-bond donors (Lipinski definition) is 1. The lowest BCUT2D eigenvalue weighted by atomic mass is 9.99. The molecule has 0 atom stereocenters. The highest BCUT2D eigenvalue weighted by molar-refractivity contribution is 7.92. The van der Waals surface area contributed by atoms with Crippen LogP contribution in [0.15, 0.2) is 58.5 Å². The smallest absolute Gasteiger partial charge is 0.264 e. The van der Waals surface area contributed by atoms with Gasteiger partial charge in [0.25, 0.3) is 15.9 Å². The van der Waals surface area contributed by atoms with E-state index < -0.39 is 22.5 Å². The van der Waals surface area contributed by atoms with Gasteiger partial charge in [0.1, 0.15) is 6.54 Å². The minimum Gasteiger partial charge on any atom is -0.493 e. The molecule has 1 saturated carbocycles. The van der Waals surface area contributed by atoms with E-state index in [9.17, 15) is 13.2 Å². The van der Waals surface area contributed by atoms with E-state index in [0.717, 1.165) is 48.5 Å². The van der Waals surface area contributed by atoms with Crippen molar-refractivity contribution in [1.82, 2.24) is 5.43 Å². The molecule has 2 aromatic carbocycles. The van der Waals surface area contributed by atoms with Crippen LogP contribution in [0.5, 0.6) is 11.5 Å². The Morgan fingerprint density at radius 2 is 1.58 bits per heavy atom. The molecule has 1 amide bonds. The summed E-state index contributed by atoms with van der Waals surface area (Å²) in [6, 6.07) is 12.7. The lowest BCUT2D eigenvalue weighted by molar-refractivity contribution is -0.119. The SMILES string of the molecule is COc1ccc(N(CC(=O)NN=C2CCCCCCC2)S(=O)(=O)c2ccccc2)cc1OC. The Hall–Kier alpha value is -3.07. The molecule has 0 radical (unpaired) electrons. The number of rotatable bonds is 8. The standard InChI is InChI=1S/C24H31N3O5S/c1-31-22-16-15-20(17-23(22)32-2)27(33(29,30)21-13-9-6-10-14-21)18-24(28)26-25-19-11-7-4-3-5-8-12-19/h6,9-10,13-17H,3-5,7-8,11-12,18H2,1-2H3,(H,26,28). The molecule has 1 N–H and O–H groups in total. The van der Waals surface area contributed by atoms with Crippen molar-refractivity contribution in [3.8, 4) is 11.5 Å². The topological polar surface area (TPSA) is 97.3 Å². The van der Waals surface area contributed by atoms with Crippen molar-refractivity contribution in [3.05, 3.63) is 48.5 Å². The number of nitrogens with zero attached hydrogens (tertiary/aromatic N) is 2. The summed E-state index contributed by atoms with van der Waals surface area (Å²) < 4.78 is 38.5. The van der Waals surface area contributed by atoms with Gasteiger partial charge in [-0.1, -0.05) is 37.5 Å². The van der Waals surface area contributed by atoms with Gasteiger partial charge in [-0.05, 0) is 49.9 Å². The van der Waals surface area contributed by atoms with Gasteiger partial charge < -0.3 is 9.47 Å². The first-order valence-corrected chi connectivity index (χ1v) is 12.5. The average Bonchev–Trinajstić information content (AvgIpc) is 2.82. The van der Waals surface area contributed by atoms with Crippen molar-refractivity contribution < 1.29 is 22.7 Å². The quantitative estimate of drug-likeness (QED) is 0.582. The lowest BCUT2D eigenvalue weighted by Gasteiger charge is -2.24. The molecule has 0 unspecified atom stereocenters. The molecule has 0 bridgehead atoms. The highest BCUT2D eigenvalue weighted by Crippen LogP contribution is 2.33. The molecule has 0 aliphatic heterocycles. The third-order valence-electron chi connectivity index (χ3n) is 5.54. The predicted octanol–water partition coefficient (Wildman–Crippen LogP) is 4.12. The fourth-order valence-electron chi connectivity index (χ4n) is 3.75. The van der Waals surface area contributed by atoms with E-state index in [2.05, 4.69) is 10.5 Å². The molecule has 0 spiro atoms. The second-order valence-electron chi connectivity index (χ2n) is 7.84. The van der Waals surface area contributed by atoms with E-state index in [1.807, 2.05) is 0 Å². The highest BCUT2D eigenvalue weighted by Gasteiger charge is 2.28. The Morgan fingerprint density at radius 3 is 2.21 bits per heavy atom. The third-order valence-corrected chi connectivity index (χ3v) is 7.33. The number of carbonyl (C=O) groups excluding carboxylic acids is 1. The molecule has 178 valence electrons. The second kappa shape index (κ2) is 11.7. The largest absolute Gasteiger partial charge is 0.493 e. The van der Waals surface area contributed by atoms with Crippen LogP contribution in [0.25, 0.3) is 0 Å². The normalized spacial score (nSPS) is 14.5. The Morgan fingerprint density at radius 1 is 0.939 bits per heavy atom. The molecule has 0 aromatic heterocycles. The summed E-state index contributed by atoms with van der Waals surface area (Å²) in [5, 5.41) is 4.30. The third kappa shape index (κ3) is 6.47. The van der Waals surface area contributed by atoms with Crippen LogP contribution in [0.2, 0.25) is 0 Å².